The summed E-state index contributed by atoms with van der Waals surface area (Å²) in [6.45, 7) is 11.0. The van der Waals surface area contributed by atoms with E-state index in [4.69, 9.17) is 27.4 Å². The Bertz CT molecular complexity index is 1000. The van der Waals surface area contributed by atoms with Crippen molar-refractivity contribution in [1.29, 1.82) is 0 Å². The van der Waals surface area contributed by atoms with Crippen molar-refractivity contribution < 1.29 is 19.4 Å². The summed E-state index contributed by atoms with van der Waals surface area (Å²) in [6, 6.07) is 11.7. The number of carbonyl (C=O) groups is 1. The van der Waals surface area contributed by atoms with Crippen LogP contribution in [0.3, 0.4) is 0 Å². The molecule has 0 aromatic heterocycles. The third-order valence-corrected chi connectivity index (χ3v) is 6.14. The van der Waals surface area contributed by atoms with Crippen LogP contribution in [0.5, 0.6) is 11.5 Å². The second-order valence-corrected chi connectivity index (χ2v) is 10.3. The van der Waals surface area contributed by atoms with E-state index in [9.17, 15) is 9.90 Å². The first kappa shape index (κ1) is 27.4. The van der Waals surface area contributed by atoms with Gasteiger partial charge in [-0.3, -0.25) is 4.79 Å². The summed E-state index contributed by atoms with van der Waals surface area (Å²) in [6.07, 6.45) is 1.68. The number of phenolic OH excluding ortho intramolecular Hbond substituents is 1. The monoisotopic (exact) mass is 486 g/mol. The van der Waals surface area contributed by atoms with Gasteiger partial charge in [0.1, 0.15) is 0 Å². The van der Waals surface area contributed by atoms with Crippen LogP contribution in [0.25, 0.3) is 0 Å². The van der Waals surface area contributed by atoms with Gasteiger partial charge in [0.15, 0.2) is 16.6 Å². The van der Waals surface area contributed by atoms with E-state index in [1.54, 1.807) is 12.1 Å². The van der Waals surface area contributed by atoms with E-state index in [1.165, 1.54) is 23.8 Å². The molecule has 0 bridgehead atoms. The molecule has 3 N–H and O–H groups in total. The second kappa shape index (κ2) is 12.1. The Kier molecular flexibility index (Phi) is 9.74. The molecule has 0 saturated heterocycles. The Morgan fingerprint density at radius 2 is 1.79 bits per heavy atom. The zero-order valence-electron chi connectivity index (χ0n) is 21.2. The Morgan fingerprint density at radius 3 is 2.38 bits per heavy atom. The van der Waals surface area contributed by atoms with Crippen molar-refractivity contribution in [2.75, 3.05) is 20.3 Å². The molecule has 0 radical (unpaired) electrons. The highest BCUT2D eigenvalue weighted by atomic mass is 32.1. The topological polar surface area (TPSA) is 85.0 Å². The molecule has 0 aliphatic heterocycles. The first-order chi connectivity index (χ1) is 15.9. The lowest BCUT2D eigenvalue weighted by Crippen LogP contribution is -2.40. The second-order valence-electron chi connectivity index (χ2n) is 9.90. The molecule has 2 rings (SSSR count). The summed E-state index contributed by atoms with van der Waals surface area (Å²) in [7, 11) is 1.51. The maximum Gasteiger partial charge on any atom is 0.311 e. The van der Waals surface area contributed by atoms with Crippen molar-refractivity contribution in [2.45, 2.75) is 54.0 Å². The number of nitrogens with two attached hydrogens (primary N) is 1. The van der Waals surface area contributed by atoms with Crippen molar-refractivity contribution in [3.63, 3.8) is 0 Å². The Balaban J connectivity index is 2.17. The summed E-state index contributed by atoms with van der Waals surface area (Å²) < 4.78 is 10.9. The fraction of sp³-hybridized carbons (Fsp3) is 0.481. The lowest BCUT2D eigenvalue weighted by atomic mass is 9.96. The predicted molar refractivity (Wildman–Crippen MR) is 140 cm³/mol. The van der Waals surface area contributed by atoms with Crippen LogP contribution in [-0.2, 0) is 22.5 Å². The van der Waals surface area contributed by atoms with Gasteiger partial charge in [0.05, 0.1) is 19.1 Å². The van der Waals surface area contributed by atoms with Gasteiger partial charge in [-0.15, -0.1) is 0 Å². The molecule has 0 aliphatic carbocycles. The summed E-state index contributed by atoms with van der Waals surface area (Å²) in [4.78, 5) is 14.3. The Labute approximate surface area is 209 Å². The van der Waals surface area contributed by atoms with E-state index in [2.05, 4.69) is 32.0 Å². The van der Waals surface area contributed by atoms with Gasteiger partial charge in [-0.1, -0.05) is 24.3 Å². The van der Waals surface area contributed by atoms with E-state index < -0.39 is 5.41 Å². The number of nitrogens with zero attached hydrogens (tertiary/aromatic N) is 1. The number of ether oxygens (including phenoxy) is 2. The Morgan fingerprint density at radius 1 is 1.12 bits per heavy atom. The molecule has 34 heavy (non-hydrogen) atoms. The first-order valence-electron chi connectivity index (χ1n) is 11.5. The third kappa shape index (κ3) is 8.20. The number of phenols is 1. The molecule has 0 aliphatic rings. The van der Waals surface area contributed by atoms with Gasteiger partial charge in [0.2, 0.25) is 0 Å². The predicted octanol–water partition coefficient (Wildman–Crippen LogP) is 4.90. The highest BCUT2D eigenvalue weighted by Crippen LogP contribution is 2.27. The standard InChI is InChI=1S/C27H38N2O4S/c1-18-7-8-20(13-19(18)2)9-10-22(17-33-25(31)27(3,4)5)16-29(26(28)34)15-21-11-12-23(30)24(14-21)32-6/h7-8,11-14,22,30H,9-10,15-17H2,1-6H3,(H2,28,34). The van der Waals surface area contributed by atoms with Crippen molar-refractivity contribution in [3.05, 3.63) is 58.7 Å². The fourth-order valence-electron chi connectivity index (χ4n) is 3.55. The van der Waals surface area contributed by atoms with Gasteiger partial charge in [-0.05, 0) is 94.1 Å². The van der Waals surface area contributed by atoms with Crippen LogP contribution < -0.4 is 10.5 Å². The summed E-state index contributed by atoms with van der Waals surface area (Å²) in [5.41, 5.74) is 10.2. The number of carbonyl (C=O) groups excluding carboxylic acids is 1. The zero-order valence-corrected chi connectivity index (χ0v) is 22.0. The number of methoxy groups -OCH3 is 1. The highest BCUT2D eigenvalue weighted by Gasteiger charge is 2.25. The largest absolute Gasteiger partial charge is 0.504 e. The minimum Gasteiger partial charge on any atom is -0.504 e. The molecule has 0 amide bonds. The molecule has 1 unspecified atom stereocenters. The number of rotatable bonds is 10. The van der Waals surface area contributed by atoms with Crippen LogP contribution in [0, 0.1) is 25.2 Å². The summed E-state index contributed by atoms with van der Waals surface area (Å²) in [5, 5.41) is 10.2. The zero-order chi connectivity index (χ0) is 25.5. The van der Waals surface area contributed by atoms with Crippen LogP contribution in [0.4, 0.5) is 0 Å². The smallest absolute Gasteiger partial charge is 0.311 e. The van der Waals surface area contributed by atoms with Gasteiger partial charge in [-0.25, -0.2) is 0 Å². The van der Waals surface area contributed by atoms with E-state index in [0.29, 0.717) is 25.4 Å². The SMILES string of the molecule is COc1cc(CN(CC(CCc2ccc(C)c(C)c2)COC(=O)C(C)(C)C)C(N)=S)ccc1O. The molecule has 0 spiro atoms. The molecule has 2 aromatic rings. The molecule has 7 heteroatoms. The fourth-order valence-corrected chi connectivity index (χ4v) is 3.69. The van der Waals surface area contributed by atoms with Crippen molar-refractivity contribution in [1.82, 2.24) is 4.90 Å². The van der Waals surface area contributed by atoms with E-state index in [0.717, 1.165) is 18.4 Å². The molecule has 1 atom stereocenters. The number of aromatic hydroxyl groups is 1. The third-order valence-electron chi connectivity index (χ3n) is 5.88. The average molecular weight is 487 g/mol. The number of hydrogen-bond acceptors (Lipinski definition) is 5. The first-order valence-corrected chi connectivity index (χ1v) is 11.9. The molecular formula is C27H38N2O4S. The van der Waals surface area contributed by atoms with Crippen LogP contribution in [0.15, 0.2) is 36.4 Å². The normalized spacial score (nSPS) is 12.2. The van der Waals surface area contributed by atoms with Gasteiger partial charge in [0.25, 0.3) is 0 Å². The average Bonchev–Trinajstić information content (AvgIpc) is 2.77. The minimum atomic E-state index is -0.565. The van der Waals surface area contributed by atoms with Crippen LogP contribution in [-0.4, -0.2) is 41.3 Å². The van der Waals surface area contributed by atoms with Crippen molar-refractivity contribution in [2.24, 2.45) is 17.1 Å². The molecule has 2 aromatic carbocycles. The number of benzene rings is 2. The molecule has 0 saturated carbocycles. The van der Waals surface area contributed by atoms with E-state index in [1.807, 2.05) is 31.7 Å². The molecule has 6 nitrogen and oxygen atoms in total. The van der Waals surface area contributed by atoms with Gasteiger partial charge < -0.3 is 25.2 Å². The quantitative estimate of drug-likeness (QED) is 0.365. The van der Waals surface area contributed by atoms with Crippen LogP contribution in [0.1, 0.15) is 49.4 Å². The van der Waals surface area contributed by atoms with Gasteiger partial charge in [-0.2, -0.15) is 0 Å². The van der Waals surface area contributed by atoms with E-state index in [-0.39, 0.29) is 22.7 Å². The molecular weight excluding hydrogens is 448 g/mol. The highest BCUT2D eigenvalue weighted by molar-refractivity contribution is 7.80. The van der Waals surface area contributed by atoms with Crippen LogP contribution in [0.2, 0.25) is 0 Å². The molecule has 186 valence electrons. The number of thiocarbonyl (C=S) groups is 1. The Hall–Kier alpha value is -2.80. The lowest BCUT2D eigenvalue weighted by Gasteiger charge is -2.29. The number of esters is 1. The van der Waals surface area contributed by atoms with E-state index >= 15 is 0 Å². The van der Waals surface area contributed by atoms with Gasteiger partial charge >= 0.3 is 5.97 Å². The maximum absolute atomic E-state index is 12.4. The maximum atomic E-state index is 12.4. The summed E-state index contributed by atoms with van der Waals surface area (Å²) in [5.74, 6) is 0.279. The lowest BCUT2D eigenvalue weighted by molar-refractivity contribution is -0.154. The molecule has 0 fully saturated rings. The number of hydrogen-bond donors (Lipinski definition) is 2. The summed E-state index contributed by atoms with van der Waals surface area (Å²) >= 11 is 5.34. The number of aryl methyl sites for hydroxylation is 3. The van der Waals surface area contributed by atoms with Crippen molar-refractivity contribution >= 4 is 23.3 Å². The molecule has 0 heterocycles. The van der Waals surface area contributed by atoms with Gasteiger partial charge in [0, 0.05) is 19.0 Å². The van der Waals surface area contributed by atoms with Crippen molar-refractivity contribution in [3.8, 4) is 11.5 Å². The minimum absolute atomic E-state index is 0.0356. The van der Waals surface area contributed by atoms with Crippen LogP contribution >= 0.6 is 12.2 Å².